The van der Waals surface area contributed by atoms with Crippen LogP contribution in [0.5, 0.6) is 0 Å². The fraction of sp³-hybridized carbons (Fsp3) is 0.800. The van der Waals surface area contributed by atoms with Gasteiger partial charge < -0.3 is 24.4 Å². The SMILES string of the molecule is CC(C)(C)C1=CC(O)C2(C(C)(C)C)C(=C1O)C1OC1COCC1OC12. The monoisotopic (exact) mass is 350 g/mol. The number of aliphatic hydroxyl groups is 2. The van der Waals surface area contributed by atoms with E-state index < -0.39 is 11.5 Å². The van der Waals surface area contributed by atoms with Crippen molar-refractivity contribution in [3.05, 3.63) is 23.0 Å². The van der Waals surface area contributed by atoms with Gasteiger partial charge in [-0.3, -0.25) is 0 Å². The van der Waals surface area contributed by atoms with Gasteiger partial charge in [0.15, 0.2) is 0 Å². The van der Waals surface area contributed by atoms with Crippen LogP contribution in [0.2, 0.25) is 0 Å². The van der Waals surface area contributed by atoms with Crippen molar-refractivity contribution in [1.29, 1.82) is 0 Å². The molecule has 0 aromatic heterocycles. The number of epoxide rings is 2. The highest BCUT2D eigenvalue weighted by molar-refractivity contribution is 5.50. The van der Waals surface area contributed by atoms with Crippen LogP contribution in [-0.2, 0) is 14.2 Å². The summed E-state index contributed by atoms with van der Waals surface area (Å²) in [6.07, 6.45) is 0.592. The van der Waals surface area contributed by atoms with E-state index in [0.717, 1.165) is 11.1 Å². The summed E-state index contributed by atoms with van der Waals surface area (Å²) in [7, 11) is 0. The first-order valence-electron chi connectivity index (χ1n) is 9.22. The third kappa shape index (κ3) is 2.36. The second-order valence-corrected chi connectivity index (χ2v) is 9.88. The van der Waals surface area contributed by atoms with E-state index in [1.54, 1.807) is 0 Å². The van der Waals surface area contributed by atoms with Crippen LogP contribution in [0.1, 0.15) is 41.5 Å². The third-order valence-corrected chi connectivity index (χ3v) is 6.26. The fourth-order valence-corrected chi connectivity index (χ4v) is 4.93. The predicted octanol–water partition coefficient (Wildman–Crippen LogP) is 2.74. The van der Waals surface area contributed by atoms with E-state index in [1.165, 1.54) is 0 Å². The zero-order valence-corrected chi connectivity index (χ0v) is 16.0. The Hall–Kier alpha value is -0.880. The third-order valence-electron chi connectivity index (χ3n) is 6.26. The standard InChI is InChI=1S/C20H30O5/c1-18(2,3)10-7-13(21)20(19(4,5)6)14(15(10)22)16-11(24-16)8-23-9-12-17(20)25-12/h7,11-13,16-17,21-22H,8-9H2,1-6H3. The minimum atomic E-state index is -0.745. The van der Waals surface area contributed by atoms with Crippen LogP contribution in [0.25, 0.3) is 0 Å². The van der Waals surface area contributed by atoms with Crippen LogP contribution in [0.15, 0.2) is 23.0 Å². The Kier molecular flexibility index (Phi) is 3.57. The molecule has 0 aromatic carbocycles. The average Bonchev–Trinajstić information content (AvgIpc) is 3.35. The van der Waals surface area contributed by atoms with Gasteiger partial charge >= 0.3 is 0 Å². The minimum absolute atomic E-state index is 0.0428. The molecule has 140 valence electrons. The highest BCUT2D eigenvalue weighted by atomic mass is 16.6. The lowest BCUT2D eigenvalue weighted by Crippen LogP contribution is -2.55. The van der Waals surface area contributed by atoms with Crippen molar-refractivity contribution in [3.8, 4) is 0 Å². The Balaban J connectivity index is 1.95. The number of hydrogen-bond acceptors (Lipinski definition) is 5. The van der Waals surface area contributed by atoms with Gasteiger partial charge in [-0.2, -0.15) is 0 Å². The molecule has 25 heavy (non-hydrogen) atoms. The quantitative estimate of drug-likeness (QED) is 0.657. The van der Waals surface area contributed by atoms with Crippen LogP contribution in [0.4, 0.5) is 0 Å². The van der Waals surface area contributed by atoms with Crippen molar-refractivity contribution in [1.82, 2.24) is 0 Å². The van der Waals surface area contributed by atoms with Gasteiger partial charge in [0.25, 0.3) is 0 Å². The molecule has 2 N–H and O–H groups in total. The summed E-state index contributed by atoms with van der Waals surface area (Å²) in [4.78, 5) is 0. The van der Waals surface area contributed by atoms with Crippen molar-refractivity contribution < 1.29 is 24.4 Å². The van der Waals surface area contributed by atoms with Crippen LogP contribution < -0.4 is 0 Å². The number of aliphatic hydroxyl groups excluding tert-OH is 2. The summed E-state index contributed by atoms with van der Waals surface area (Å²) in [6.45, 7) is 13.5. The Morgan fingerprint density at radius 1 is 1.04 bits per heavy atom. The lowest BCUT2D eigenvalue weighted by Gasteiger charge is -2.51. The molecule has 3 fully saturated rings. The molecule has 3 aliphatic heterocycles. The normalized spacial score (nSPS) is 43.8. The number of allylic oxidation sites excluding steroid dienone is 1. The van der Waals surface area contributed by atoms with E-state index in [1.807, 2.05) is 26.8 Å². The maximum absolute atomic E-state index is 11.4. The van der Waals surface area contributed by atoms with Crippen molar-refractivity contribution in [2.75, 3.05) is 13.2 Å². The van der Waals surface area contributed by atoms with Crippen molar-refractivity contribution in [2.24, 2.45) is 16.2 Å². The summed E-state index contributed by atoms with van der Waals surface area (Å²) in [6, 6.07) is 0. The molecule has 4 aliphatic rings. The summed E-state index contributed by atoms with van der Waals surface area (Å²) in [5, 5.41) is 22.7. The van der Waals surface area contributed by atoms with E-state index in [-0.39, 0.29) is 41.0 Å². The predicted molar refractivity (Wildman–Crippen MR) is 93.2 cm³/mol. The molecular weight excluding hydrogens is 320 g/mol. The second kappa shape index (κ2) is 5.10. The molecule has 0 radical (unpaired) electrons. The molecule has 0 bridgehead atoms. The van der Waals surface area contributed by atoms with Gasteiger partial charge in [0.1, 0.15) is 24.1 Å². The summed E-state index contributed by atoms with van der Waals surface area (Å²) in [5.74, 6) is 0.274. The molecule has 3 heterocycles. The zero-order valence-electron chi connectivity index (χ0n) is 16.0. The number of hydrogen-bond donors (Lipinski definition) is 2. The van der Waals surface area contributed by atoms with E-state index in [2.05, 4.69) is 20.8 Å². The van der Waals surface area contributed by atoms with Crippen molar-refractivity contribution in [3.63, 3.8) is 0 Å². The zero-order chi connectivity index (χ0) is 18.4. The molecule has 6 unspecified atom stereocenters. The lowest BCUT2D eigenvalue weighted by molar-refractivity contribution is -0.0315. The molecule has 0 amide bonds. The molecule has 6 atom stereocenters. The van der Waals surface area contributed by atoms with Gasteiger partial charge in [-0.05, 0) is 22.5 Å². The lowest BCUT2D eigenvalue weighted by atomic mass is 9.53. The van der Waals surface area contributed by atoms with E-state index in [9.17, 15) is 10.2 Å². The molecule has 1 aliphatic carbocycles. The van der Waals surface area contributed by atoms with Gasteiger partial charge in [-0.15, -0.1) is 0 Å². The molecule has 0 spiro atoms. The van der Waals surface area contributed by atoms with Crippen LogP contribution in [-0.4, -0.2) is 53.9 Å². The highest BCUT2D eigenvalue weighted by Crippen LogP contribution is 2.64. The Morgan fingerprint density at radius 3 is 2.28 bits per heavy atom. The number of rotatable bonds is 0. The van der Waals surface area contributed by atoms with Crippen molar-refractivity contribution >= 4 is 0 Å². The number of ether oxygens (including phenoxy) is 3. The van der Waals surface area contributed by atoms with Gasteiger partial charge in [0.2, 0.25) is 0 Å². The van der Waals surface area contributed by atoms with Gasteiger partial charge in [0, 0.05) is 5.57 Å². The van der Waals surface area contributed by atoms with Gasteiger partial charge in [-0.25, -0.2) is 0 Å². The maximum atomic E-state index is 11.4. The first-order chi connectivity index (χ1) is 11.5. The summed E-state index contributed by atoms with van der Waals surface area (Å²) >= 11 is 0. The van der Waals surface area contributed by atoms with E-state index >= 15 is 0 Å². The topological polar surface area (TPSA) is 74.8 Å². The summed E-state index contributed by atoms with van der Waals surface area (Å²) in [5.41, 5.74) is 0.273. The molecule has 4 rings (SSSR count). The molecule has 5 nitrogen and oxygen atoms in total. The molecule has 3 saturated heterocycles. The van der Waals surface area contributed by atoms with Gasteiger partial charge in [-0.1, -0.05) is 41.5 Å². The Morgan fingerprint density at radius 2 is 1.68 bits per heavy atom. The average molecular weight is 350 g/mol. The number of fused-ring (bicyclic) bond motifs is 5. The Labute approximate surface area is 149 Å². The van der Waals surface area contributed by atoms with Crippen molar-refractivity contribution in [2.45, 2.75) is 72.1 Å². The highest BCUT2D eigenvalue weighted by Gasteiger charge is 2.70. The minimum Gasteiger partial charge on any atom is -0.508 e. The van der Waals surface area contributed by atoms with Crippen LogP contribution >= 0.6 is 0 Å². The molecule has 0 saturated carbocycles. The van der Waals surface area contributed by atoms with Crippen LogP contribution in [0.3, 0.4) is 0 Å². The summed E-state index contributed by atoms with van der Waals surface area (Å²) < 4.78 is 17.6. The maximum Gasteiger partial charge on any atom is 0.121 e. The molecular formula is C20H30O5. The smallest absolute Gasteiger partial charge is 0.121 e. The second-order valence-electron chi connectivity index (χ2n) is 9.88. The van der Waals surface area contributed by atoms with Crippen LogP contribution in [0, 0.1) is 16.2 Å². The molecule has 5 heteroatoms. The first-order valence-corrected chi connectivity index (χ1v) is 9.22. The van der Waals surface area contributed by atoms with E-state index in [4.69, 9.17) is 14.2 Å². The van der Waals surface area contributed by atoms with Gasteiger partial charge in [0.05, 0.1) is 30.8 Å². The fourth-order valence-electron chi connectivity index (χ4n) is 4.93. The van der Waals surface area contributed by atoms with E-state index in [0.29, 0.717) is 13.2 Å². The first kappa shape index (κ1) is 17.5. The Bertz CT molecular complexity index is 650. The molecule has 0 aromatic rings. The largest absolute Gasteiger partial charge is 0.508 e.